The van der Waals surface area contributed by atoms with Crippen LogP contribution in [0.15, 0.2) is 24.3 Å². The molecule has 2 atom stereocenters. The second-order valence-electron chi connectivity index (χ2n) is 4.14. The van der Waals surface area contributed by atoms with Gasteiger partial charge in [-0.05, 0) is 17.7 Å². The molecule has 2 amide bonds. The zero-order valence-electron chi connectivity index (χ0n) is 9.63. The quantitative estimate of drug-likeness (QED) is 0.782. The molecule has 0 aromatic heterocycles. The summed E-state index contributed by atoms with van der Waals surface area (Å²) in [5, 5.41) is 20.7. The van der Waals surface area contributed by atoms with Crippen LogP contribution in [0.1, 0.15) is 11.5 Å². The Kier molecular flexibility index (Phi) is 3.50. The van der Waals surface area contributed by atoms with Gasteiger partial charge >= 0.3 is 0 Å². The van der Waals surface area contributed by atoms with Gasteiger partial charge in [0.2, 0.25) is 11.8 Å². The van der Waals surface area contributed by atoms with E-state index in [2.05, 4.69) is 0 Å². The average Bonchev–Trinajstić information content (AvgIpc) is 2.39. The zero-order chi connectivity index (χ0) is 14.0. The molecular formula is C13H8ClN3O2. The fourth-order valence-electron chi connectivity index (χ4n) is 2.14. The minimum Gasteiger partial charge on any atom is -0.294 e. The topological polar surface area (TPSA) is 93.8 Å². The normalized spacial score (nSPS) is 23.3. The highest BCUT2D eigenvalue weighted by Gasteiger charge is 2.45. The van der Waals surface area contributed by atoms with Gasteiger partial charge in [-0.25, -0.2) is 0 Å². The Morgan fingerprint density at radius 2 is 1.47 bits per heavy atom. The monoisotopic (exact) mass is 273 g/mol. The van der Waals surface area contributed by atoms with Crippen LogP contribution in [0.5, 0.6) is 0 Å². The molecule has 0 aliphatic carbocycles. The van der Waals surface area contributed by atoms with Crippen molar-refractivity contribution in [1.29, 1.82) is 10.5 Å². The summed E-state index contributed by atoms with van der Waals surface area (Å²) in [5.41, 5.74) is 0.575. The van der Waals surface area contributed by atoms with Crippen molar-refractivity contribution in [2.75, 3.05) is 0 Å². The predicted octanol–water partition coefficient (Wildman–Crippen LogP) is 1.36. The number of rotatable bonds is 1. The maximum absolute atomic E-state index is 11.7. The number of nitrogens with one attached hydrogen (secondary N) is 1. The van der Waals surface area contributed by atoms with E-state index in [4.69, 9.17) is 22.1 Å². The molecule has 5 nitrogen and oxygen atoms in total. The van der Waals surface area contributed by atoms with Crippen LogP contribution >= 0.6 is 11.6 Å². The lowest BCUT2D eigenvalue weighted by Crippen LogP contribution is -2.49. The van der Waals surface area contributed by atoms with Gasteiger partial charge in [-0.2, -0.15) is 10.5 Å². The van der Waals surface area contributed by atoms with Crippen molar-refractivity contribution in [3.63, 3.8) is 0 Å². The summed E-state index contributed by atoms with van der Waals surface area (Å²) in [6.45, 7) is 0. The summed E-state index contributed by atoms with van der Waals surface area (Å²) in [7, 11) is 0. The van der Waals surface area contributed by atoms with Crippen LogP contribution in [0, 0.1) is 34.5 Å². The number of amides is 2. The Hall–Kier alpha value is -2.37. The van der Waals surface area contributed by atoms with Gasteiger partial charge in [-0.3, -0.25) is 14.9 Å². The molecule has 0 unspecified atom stereocenters. The minimum atomic E-state index is -1.07. The number of halogens is 1. The molecule has 1 aliphatic rings. The maximum Gasteiger partial charge on any atom is 0.244 e. The molecule has 1 heterocycles. The molecule has 1 saturated heterocycles. The van der Waals surface area contributed by atoms with Gasteiger partial charge in [0.25, 0.3) is 0 Å². The number of piperidine rings is 1. The maximum atomic E-state index is 11.7. The van der Waals surface area contributed by atoms with Gasteiger partial charge in [0.15, 0.2) is 0 Å². The fraction of sp³-hybridized carbons (Fsp3) is 0.231. The van der Waals surface area contributed by atoms with Crippen molar-refractivity contribution >= 4 is 23.4 Å². The van der Waals surface area contributed by atoms with Gasteiger partial charge < -0.3 is 0 Å². The highest BCUT2D eigenvalue weighted by Crippen LogP contribution is 2.35. The van der Waals surface area contributed by atoms with Gasteiger partial charge in [0.1, 0.15) is 11.8 Å². The third-order valence-electron chi connectivity index (χ3n) is 3.06. The summed E-state index contributed by atoms with van der Waals surface area (Å²) in [5.74, 6) is -4.24. The van der Waals surface area contributed by atoms with Crippen LogP contribution in [0.4, 0.5) is 0 Å². The standard InChI is InChI=1S/C13H8ClN3O2/c14-8-3-1-7(2-4-8)11-9(5-15)12(18)17-13(19)10(11)6-16/h1-4,9-11H,(H,17,18,19)/t9-,10-/m1/s1. The van der Waals surface area contributed by atoms with Gasteiger partial charge in [0.05, 0.1) is 12.1 Å². The fourth-order valence-corrected chi connectivity index (χ4v) is 2.27. The average molecular weight is 274 g/mol. The third kappa shape index (κ3) is 2.29. The molecule has 2 rings (SSSR count). The predicted molar refractivity (Wildman–Crippen MR) is 65.5 cm³/mol. The Morgan fingerprint density at radius 1 is 1.00 bits per heavy atom. The molecule has 1 aliphatic heterocycles. The molecule has 1 aromatic carbocycles. The van der Waals surface area contributed by atoms with Gasteiger partial charge in [0, 0.05) is 10.9 Å². The first kappa shape index (κ1) is 13.1. The molecule has 1 fully saturated rings. The van der Waals surface area contributed by atoms with Gasteiger partial charge in [-0.1, -0.05) is 23.7 Å². The van der Waals surface area contributed by atoms with E-state index in [1.807, 2.05) is 17.5 Å². The molecule has 0 saturated carbocycles. The van der Waals surface area contributed by atoms with E-state index in [9.17, 15) is 9.59 Å². The number of imide groups is 1. The van der Waals surface area contributed by atoms with Crippen LogP contribution in [-0.4, -0.2) is 11.8 Å². The molecule has 94 valence electrons. The van der Waals surface area contributed by atoms with E-state index in [1.54, 1.807) is 24.3 Å². The van der Waals surface area contributed by atoms with Crippen molar-refractivity contribution in [3.8, 4) is 12.1 Å². The number of nitriles is 2. The molecule has 1 N–H and O–H groups in total. The van der Waals surface area contributed by atoms with Crippen LogP contribution in [0.2, 0.25) is 5.02 Å². The van der Waals surface area contributed by atoms with Crippen molar-refractivity contribution in [1.82, 2.24) is 5.32 Å². The lowest BCUT2D eigenvalue weighted by atomic mass is 9.74. The Bertz CT molecular complexity index is 580. The smallest absolute Gasteiger partial charge is 0.244 e. The molecular weight excluding hydrogens is 266 g/mol. The molecule has 6 heteroatoms. The zero-order valence-corrected chi connectivity index (χ0v) is 10.4. The SMILES string of the molecule is N#C[C@H]1C(=O)NC(=O)[C@H](C#N)C1c1ccc(Cl)cc1. The summed E-state index contributed by atoms with van der Waals surface area (Å²) in [4.78, 5) is 23.3. The second-order valence-corrected chi connectivity index (χ2v) is 4.58. The minimum absolute atomic E-state index is 0.498. The number of nitrogens with zero attached hydrogens (tertiary/aromatic N) is 2. The van der Waals surface area contributed by atoms with Crippen molar-refractivity contribution in [2.24, 2.45) is 11.8 Å². The first-order valence-corrected chi connectivity index (χ1v) is 5.85. The van der Waals surface area contributed by atoms with Crippen LogP contribution in [0.25, 0.3) is 0 Å². The number of carbonyl (C=O) groups is 2. The van der Waals surface area contributed by atoms with Gasteiger partial charge in [-0.15, -0.1) is 0 Å². The van der Waals surface area contributed by atoms with Crippen molar-refractivity contribution < 1.29 is 9.59 Å². The van der Waals surface area contributed by atoms with E-state index in [0.717, 1.165) is 0 Å². The van der Waals surface area contributed by atoms with Crippen LogP contribution in [0.3, 0.4) is 0 Å². The molecule has 0 bridgehead atoms. The van der Waals surface area contributed by atoms with E-state index in [-0.39, 0.29) is 0 Å². The molecule has 0 spiro atoms. The Labute approximate surface area is 114 Å². The molecule has 19 heavy (non-hydrogen) atoms. The summed E-state index contributed by atoms with van der Waals surface area (Å²) >= 11 is 5.77. The second kappa shape index (κ2) is 5.09. The summed E-state index contributed by atoms with van der Waals surface area (Å²) < 4.78 is 0. The van der Waals surface area contributed by atoms with Crippen LogP contribution < -0.4 is 5.32 Å². The first-order valence-electron chi connectivity index (χ1n) is 5.48. The van der Waals surface area contributed by atoms with E-state index in [0.29, 0.717) is 10.6 Å². The summed E-state index contributed by atoms with van der Waals surface area (Å²) in [6, 6.07) is 10.1. The van der Waals surface area contributed by atoms with Crippen molar-refractivity contribution in [3.05, 3.63) is 34.9 Å². The number of hydrogen-bond acceptors (Lipinski definition) is 4. The van der Waals surface area contributed by atoms with E-state index < -0.39 is 29.6 Å². The lowest BCUT2D eigenvalue weighted by Gasteiger charge is -2.29. The largest absolute Gasteiger partial charge is 0.294 e. The third-order valence-corrected chi connectivity index (χ3v) is 3.31. The highest BCUT2D eigenvalue weighted by atomic mass is 35.5. The molecule has 1 aromatic rings. The first-order chi connectivity index (χ1) is 9.08. The Balaban J connectivity index is 2.50. The number of carbonyl (C=O) groups excluding carboxylic acids is 2. The Morgan fingerprint density at radius 3 is 1.89 bits per heavy atom. The molecule has 0 radical (unpaired) electrons. The number of hydrogen-bond donors (Lipinski definition) is 1. The number of benzene rings is 1. The van der Waals surface area contributed by atoms with Crippen LogP contribution in [-0.2, 0) is 9.59 Å². The lowest BCUT2D eigenvalue weighted by molar-refractivity contribution is -0.137. The summed E-state index contributed by atoms with van der Waals surface area (Å²) in [6.07, 6.45) is 0. The highest BCUT2D eigenvalue weighted by molar-refractivity contribution is 6.30. The van der Waals surface area contributed by atoms with Crippen molar-refractivity contribution in [2.45, 2.75) is 5.92 Å². The van der Waals surface area contributed by atoms with E-state index in [1.165, 1.54) is 0 Å². The van der Waals surface area contributed by atoms with E-state index >= 15 is 0 Å².